The number of hydrogen-bond acceptors (Lipinski definition) is 5. The molecule has 6 heteroatoms. The number of esters is 1. The number of carbonyl (C=O) groups excluding carboxylic acids is 1. The Kier molecular flexibility index (Phi) is 9.70. The minimum absolute atomic E-state index is 0.135. The molecule has 0 heterocycles. The van der Waals surface area contributed by atoms with Crippen molar-refractivity contribution < 1.29 is 23.1 Å². The van der Waals surface area contributed by atoms with E-state index < -0.39 is 24.9 Å². The number of benzene rings is 5. The Morgan fingerprint density at radius 1 is 0.660 bits per heavy atom. The van der Waals surface area contributed by atoms with Crippen LogP contribution in [0, 0.1) is 17.8 Å². The Morgan fingerprint density at radius 3 is 1.66 bits per heavy atom. The Balaban J connectivity index is 1.82. The van der Waals surface area contributed by atoms with Crippen LogP contribution in [-0.2, 0) is 9.53 Å². The fraction of sp³-hybridized carbons (Fsp3) is 0.293. The van der Waals surface area contributed by atoms with Crippen molar-refractivity contribution in [3.63, 3.8) is 0 Å². The van der Waals surface area contributed by atoms with Crippen molar-refractivity contribution in [2.75, 3.05) is 6.16 Å². The average Bonchev–Trinajstić information content (AvgIpc) is 2.99. The predicted molar refractivity (Wildman–Crippen MR) is 197 cm³/mol. The van der Waals surface area contributed by atoms with Gasteiger partial charge in [-0.1, -0.05) is 0 Å². The summed E-state index contributed by atoms with van der Waals surface area (Å²) in [6, 6.07) is 36.1. The zero-order valence-corrected chi connectivity index (χ0v) is 29.8. The van der Waals surface area contributed by atoms with Crippen LogP contribution in [0.15, 0.2) is 121 Å². The van der Waals surface area contributed by atoms with Crippen LogP contribution in [0.4, 0.5) is 0 Å². The fourth-order valence-corrected chi connectivity index (χ4v) is 8.91. The van der Waals surface area contributed by atoms with Crippen molar-refractivity contribution in [1.29, 1.82) is 0 Å². The molecule has 0 bridgehead atoms. The summed E-state index contributed by atoms with van der Waals surface area (Å²) in [6.45, 7) is 16.1. The summed E-state index contributed by atoms with van der Waals surface area (Å²) in [4.78, 5) is 13.0. The summed E-state index contributed by atoms with van der Waals surface area (Å²) in [5.74, 6) is 1.48. The van der Waals surface area contributed by atoms with Gasteiger partial charge in [-0.2, -0.15) is 0 Å². The van der Waals surface area contributed by atoms with Crippen molar-refractivity contribution in [1.82, 2.24) is 0 Å². The van der Waals surface area contributed by atoms with E-state index in [4.69, 9.17) is 18.3 Å². The molecule has 0 radical (unpaired) electrons. The van der Waals surface area contributed by atoms with E-state index in [1.54, 1.807) is 0 Å². The summed E-state index contributed by atoms with van der Waals surface area (Å²) in [5, 5.41) is 3.92. The van der Waals surface area contributed by atoms with Gasteiger partial charge in [0.2, 0.25) is 0 Å². The van der Waals surface area contributed by atoms with E-state index in [1.165, 1.54) is 6.92 Å². The first kappa shape index (κ1) is 34.0. The molecule has 0 N–H and O–H groups in total. The first-order valence-corrected chi connectivity index (χ1v) is 18.1. The van der Waals surface area contributed by atoms with E-state index in [2.05, 4.69) is 71.9 Å². The van der Waals surface area contributed by atoms with Gasteiger partial charge < -0.3 is 0 Å². The van der Waals surface area contributed by atoms with Gasteiger partial charge in [0.25, 0.3) is 0 Å². The Bertz CT molecular complexity index is 1810. The van der Waals surface area contributed by atoms with Crippen LogP contribution in [0.25, 0.3) is 21.5 Å². The number of fused-ring (bicyclic) bond motifs is 2. The molecule has 0 aliphatic heterocycles. The molecular formula is C41H47O5P. The third-order valence-corrected chi connectivity index (χ3v) is 10.8. The molecule has 0 amide bonds. The monoisotopic (exact) mass is 650 g/mol. The average molecular weight is 651 g/mol. The third kappa shape index (κ3) is 8.15. The molecule has 0 saturated heterocycles. The maximum atomic E-state index is 13.0. The van der Waals surface area contributed by atoms with Gasteiger partial charge in [0, 0.05) is 0 Å². The van der Waals surface area contributed by atoms with Crippen LogP contribution < -0.4 is 13.6 Å². The number of allylic oxidation sites excluding steroid dienone is 1. The van der Waals surface area contributed by atoms with E-state index in [-0.39, 0.29) is 11.6 Å². The minimum atomic E-state index is -4.01. The molecule has 0 spiro atoms. The van der Waals surface area contributed by atoms with Crippen molar-refractivity contribution >= 4 is 35.5 Å². The second-order valence-corrected chi connectivity index (χ2v) is 16.7. The van der Waals surface area contributed by atoms with Gasteiger partial charge in [0.1, 0.15) is 0 Å². The predicted octanol–water partition coefficient (Wildman–Crippen LogP) is 11.3. The molecule has 1 atom stereocenters. The summed E-state index contributed by atoms with van der Waals surface area (Å²) in [6.07, 6.45) is 4.26. The Hall–Kier alpha value is -4.34. The van der Waals surface area contributed by atoms with E-state index in [9.17, 15) is 4.79 Å². The number of ether oxygens (including phenoxy) is 1. The quantitative estimate of drug-likeness (QED) is 0.0855. The molecule has 5 rings (SSSR count). The van der Waals surface area contributed by atoms with E-state index >= 15 is 0 Å². The fourth-order valence-electron chi connectivity index (χ4n) is 5.69. The molecule has 5 aromatic carbocycles. The van der Waals surface area contributed by atoms with Gasteiger partial charge in [-0.3, -0.25) is 0 Å². The van der Waals surface area contributed by atoms with E-state index in [0.29, 0.717) is 17.2 Å². The molecule has 5 nitrogen and oxygen atoms in total. The summed E-state index contributed by atoms with van der Waals surface area (Å²) in [5.41, 5.74) is -0.906. The van der Waals surface area contributed by atoms with Gasteiger partial charge in [0.05, 0.1) is 0 Å². The zero-order valence-electron chi connectivity index (χ0n) is 28.8. The molecule has 5 aromatic rings. The Labute approximate surface area is 280 Å². The molecule has 0 aliphatic rings. The summed E-state index contributed by atoms with van der Waals surface area (Å²) >= 11 is 0. The van der Waals surface area contributed by atoms with Crippen molar-refractivity contribution in [3.8, 4) is 17.2 Å². The zero-order chi connectivity index (χ0) is 33.9. The molecular weight excluding hydrogens is 603 g/mol. The van der Waals surface area contributed by atoms with Gasteiger partial charge in [-0.25, -0.2) is 0 Å². The third-order valence-electron chi connectivity index (χ3n) is 8.22. The molecule has 1 unspecified atom stereocenters. The van der Waals surface area contributed by atoms with Crippen LogP contribution in [0.2, 0.25) is 0 Å². The molecule has 0 saturated carbocycles. The van der Waals surface area contributed by atoms with Crippen LogP contribution >= 0.6 is 7.94 Å². The standard InChI is InChI=1S/C41H47O5P/c1-30-16-13-21-34(28-30)44-47(45-37-24-14-19-32-17-9-11-22-35(32)37,46-38-25-15-20-33-18-10-12-23-36(33)38)29-41(40(6,7)8,43-31(2)42)27-26-39(3,4)5/h9-28,47H,29H2,1-8H3. The first-order chi connectivity index (χ1) is 22.2. The van der Waals surface area contributed by atoms with Crippen LogP contribution in [-0.4, -0.2) is 17.7 Å². The van der Waals surface area contributed by atoms with Gasteiger partial charge >= 0.3 is 281 Å². The van der Waals surface area contributed by atoms with Crippen molar-refractivity contribution in [3.05, 3.63) is 127 Å². The van der Waals surface area contributed by atoms with Gasteiger partial charge in [-0.15, -0.1) is 0 Å². The van der Waals surface area contributed by atoms with Gasteiger partial charge in [0.15, 0.2) is 0 Å². The molecule has 0 fully saturated rings. The van der Waals surface area contributed by atoms with E-state index in [0.717, 1.165) is 27.1 Å². The van der Waals surface area contributed by atoms with E-state index in [1.807, 2.05) is 97.9 Å². The molecule has 0 aliphatic carbocycles. The molecule has 246 valence electrons. The number of hydrogen-bond donors (Lipinski definition) is 0. The summed E-state index contributed by atoms with van der Waals surface area (Å²) in [7, 11) is -4.01. The number of aryl methyl sites for hydroxylation is 1. The SMILES string of the molecule is CC(=O)OC(C=CC(C)(C)C)(C[PH](Oc1cccc(C)c1)(Oc1cccc2ccccc12)Oc1cccc2ccccc12)C(C)(C)C. The second-order valence-electron chi connectivity index (χ2n) is 14.4. The second kappa shape index (κ2) is 13.4. The van der Waals surface area contributed by atoms with Crippen LogP contribution in [0.1, 0.15) is 54.0 Å². The number of rotatable bonds is 10. The van der Waals surface area contributed by atoms with Crippen molar-refractivity contribution in [2.24, 2.45) is 10.8 Å². The Morgan fingerprint density at radius 2 is 1.17 bits per heavy atom. The van der Waals surface area contributed by atoms with Crippen molar-refractivity contribution in [2.45, 2.75) is 61.0 Å². The summed E-state index contributed by atoms with van der Waals surface area (Å²) < 4.78 is 28.0. The first-order valence-electron chi connectivity index (χ1n) is 16.2. The van der Waals surface area contributed by atoms with Crippen LogP contribution in [0.5, 0.6) is 17.2 Å². The molecule has 0 aromatic heterocycles. The number of carbonyl (C=O) groups is 1. The maximum absolute atomic E-state index is 13.0. The normalized spacial score (nSPS) is 14.1. The van der Waals surface area contributed by atoms with Gasteiger partial charge in [-0.05, 0) is 0 Å². The topological polar surface area (TPSA) is 54.0 Å². The van der Waals surface area contributed by atoms with Crippen LogP contribution in [0.3, 0.4) is 0 Å². The molecule has 47 heavy (non-hydrogen) atoms.